The maximum atomic E-state index is 12.9. The number of alkyl carbamates (subject to hydrolysis) is 1. The van der Waals surface area contributed by atoms with Gasteiger partial charge in [-0.25, -0.2) is 13.2 Å². The smallest absolute Gasteiger partial charge is 0.407 e. The Bertz CT molecular complexity index is 1180. The molecule has 0 aromatic heterocycles. The molecule has 5 atom stereocenters. The van der Waals surface area contributed by atoms with Crippen LogP contribution < -0.4 is 21.3 Å². The fourth-order valence-corrected chi connectivity index (χ4v) is 5.05. The van der Waals surface area contributed by atoms with Gasteiger partial charge in [-0.2, -0.15) is 0 Å². The van der Waals surface area contributed by atoms with Crippen LogP contribution in [0.15, 0.2) is 30.3 Å². The first kappa shape index (κ1) is 38.8. The van der Waals surface area contributed by atoms with Crippen molar-refractivity contribution in [2.45, 2.75) is 111 Å². The Kier molecular flexibility index (Phi) is 15.8. The minimum atomic E-state index is -3.38. The summed E-state index contributed by atoms with van der Waals surface area (Å²) in [7, 11) is -3.38. The largest absolute Gasteiger partial charge is 0.444 e. The molecule has 0 aliphatic rings. The molecule has 0 heterocycles. The molecule has 13 heteroatoms. The SMILES string of the molecule is CC(C)C[C@H](NC(=O)OC(C)(C)C)[C@@H](O)C[C@@H](C)C(=O)N[C@@H](C)CC(=O)NC(CCS(C)(=O)=O)C(=O)NCc1ccccc1. The molecule has 250 valence electrons. The van der Waals surface area contributed by atoms with Crippen molar-refractivity contribution in [3.05, 3.63) is 35.9 Å². The van der Waals surface area contributed by atoms with E-state index in [2.05, 4.69) is 21.3 Å². The molecule has 0 fully saturated rings. The Morgan fingerprint density at radius 2 is 1.52 bits per heavy atom. The van der Waals surface area contributed by atoms with Crippen LogP contribution in [-0.2, 0) is 35.5 Å². The van der Waals surface area contributed by atoms with Crippen molar-refractivity contribution >= 4 is 33.7 Å². The fourth-order valence-electron chi connectivity index (χ4n) is 4.39. The molecule has 0 aliphatic carbocycles. The molecule has 0 saturated carbocycles. The minimum absolute atomic E-state index is 0.0626. The second kappa shape index (κ2) is 17.9. The number of hydrogen-bond donors (Lipinski definition) is 5. The average Bonchev–Trinajstić information content (AvgIpc) is 2.87. The van der Waals surface area contributed by atoms with Crippen molar-refractivity contribution in [3.63, 3.8) is 0 Å². The highest BCUT2D eigenvalue weighted by Crippen LogP contribution is 2.17. The number of rotatable bonds is 17. The van der Waals surface area contributed by atoms with E-state index in [1.54, 1.807) is 34.6 Å². The third-order valence-electron chi connectivity index (χ3n) is 6.55. The van der Waals surface area contributed by atoms with E-state index >= 15 is 0 Å². The highest BCUT2D eigenvalue weighted by molar-refractivity contribution is 7.90. The van der Waals surface area contributed by atoms with Gasteiger partial charge in [-0.05, 0) is 58.4 Å². The fraction of sp³-hybridized carbons (Fsp3) is 0.677. The van der Waals surface area contributed by atoms with Gasteiger partial charge in [-0.3, -0.25) is 14.4 Å². The lowest BCUT2D eigenvalue weighted by molar-refractivity contribution is -0.130. The molecule has 1 aromatic carbocycles. The zero-order valence-electron chi connectivity index (χ0n) is 27.3. The Labute approximate surface area is 262 Å². The normalized spacial score (nSPS) is 15.3. The van der Waals surface area contributed by atoms with Crippen molar-refractivity contribution in [2.24, 2.45) is 11.8 Å². The van der Waals surface area contributed by atoms with E-state index in [1.807, 2.05) is 44.2 Å². The summed E-state index contributed by atoms with van der Waals surface area (Å²) in [6, 6.07) is 6.84. The maximum absolute atomic E-state index is 12.9. The van der Waals surface area contributed by atoms with Crippen LogP contribution in [0, 0.1) is 11.8 Å². The zero-order chi connectivity index (χ0) is 33.7. The lowest BCUT2D eigenvalue weighted by atomic mass is 9.92. The number of aliphatic hydroxyl groups excluding tert-OH is 1. The summed E-state index contributed by atoms with van der Waals surface area (Å²) >= 11 is 0. The standard InChI is InChI=1S/C31H52N4O8S/c1-20(2)16-25(35-30(40)43-31(5,6)7)26(36)17-21(3)28(38)33-22(4)18-27(37)34-24(14-15-44(8,41)42)29(39)32-19-23-12-10-9-11-13-23/h9-13,20-22,24-26,36H,14-19H2,1-8H3,(H,32,39)(H,33,38)(H,34,37)(H,35,40)/t21-,22+,24?,25+,26+/m1/s1. The quantitative estimate of drug-likeness (QED) is 0.172. The molecule has 44 heavy (non-hydrogen) atoms. The summed E-state index contributed by atoms with van der Waals surface area (Å²) in [5.41, 5.74) is 0.146. The van der Waals surface area contributed by atoms with Crippen molar-refractivity contribution in [1.82, 2.24) is 21.3 Å². The van der Waals surface area contributed by atoms with Gasteiger partial charge in [0.25, 0.3) is 0 Å². The molecule has 1 unspecified atom stereocenters. The number of hydrogen-bond acceptors (Lipinski definition) is 8. The lowest BCUT2D eigenvalue weighted by Gasteiger charge is -2.29. The van der Waals surface area contributed by atoms with Gasteiger partial charge in [0, 0.05) is 31.2 Å². The van der Waals surface area contributed by atoms with Gasteiger partial charge in [-0.15, -0.1) is 0 Å². The van der Waals surface area contributed by atoms with Gasteiger partial charge in [-0.1, -0.05) is 51.1 Å². The maximum Gasteiger partial charge on any atom is 0.407 e. The van der Waals surface area contributed by atoms with Crippen molar-refractivity contribution in [1.29, 1.82) is 0 Å². The van der Waals surface area contributed by atoms with E-state index in [-0.39, 0.29) is 43.4 Å². The van der Waals surface area contributed by atoms with Gasteiger partial charge in [0.1, 0.15) is 21.5 Å². The number of ether oxygens (including phenoxy) is 1. The molecule has 4 amide bonds. The van der Waals surface area contributed by atoms with E-state index in [0.29, 0.717) is 6.42 Å². The number of benzene rings is 1. The number of carbonyl (C=O) groups is 4. The molecule has 1 rings (SSSR count). The van der Waals surface area contributed by atoms with Crippen LogP contribution in [0.2, 0.25) is 0 Å². The van der Waals surface area contributed by atoms with Gasteiger partial charge >= 0.3 is 6.09 Å². The average molecular weight is 641 g/mol. The van der Waals surface area contributed by atoms with Crippen molar-refractivity contribution in [3.8, 4) is 0 Å². The van der Waals surface area contributed by atoms with Crippen molar-refractivity contribution in [2.75, 3.05) is 12.0 Å². The van der Waals surface area contributed by atoms with Crippen LogP contribution in [0.25, 0.3) is 0 Å². The predicted octanol–water partition coefficient (Wildman–Crippen LogP) is 2.44. The summed E-state index contributed by atoms with van der Waals surface area (Å²) < 4.78 is 28.8. The molecular weight excluding hydrogens is 588 g/mol. The summed E-state index contributed by atoms with van der Waals surface area (Å²) in [6.07, 6.45) is -0.328. The molecule has 12 nitrogen and oxygen atoms in total. The van der Waals surface area contributed by atoms with Gasteiger partial charge in [0.15, 0.2) is 0 Å². The van der Waals surface area contributed by atoms with Gasteiger partial charge < -0.3 is 31.1 Å². The first-order valence-electron chi connectivity index (χ1n) is 15.0. The number of carbonyl (C=O) groups excluding carboxylic acids is 4. The number of sulfone groups is 1. The first-order chi connectivity index (χ1) is 20.3. The summed E-state index contributed by atoms with van der Waals surface area (Å²) in [6.45, 7) is 12.6. The summed E-state index contributed by atoms with van der Waals surface area (Å²) in [5.74, 6) is -2.20. The number of nitrogens with one attached hydrogen (secondary N) is 4. The van der Waals surface area contributed by atoms with Crippen LogP contribution in [-0.4, -0.2) is 79.2 Å². The Morgan fingerprint density at radius 1 is 0.909 bits per heavy atom. The Morgan fingerprint density at radius 3 is 2.07 bits per heavy atom. The molecule has 0 radical (unpaired) electrons. The highest BCUT2D eigenvalue weighted by Gasteiger charge is 2.29. The molecule has 1 aromatic rings. The summed E-state index contributed by atoms with van der Waals surface area (Å²) in [5, 5.41) is 21.7. The van der Waals surface area contributed by atoms with E-state index < -0.39 is 63.5 Å². The highest BCUT2D eigenvalue weighted by atomic mass is 32.2. The van der Waals surface area contributed by atoms with E-state index in [9.17, 15) is 32.7 Å². The van der Waals surface area contributed by atoms with Gasteiger partial charge in [0.05, 0.1) is 17.9 Å². The number of aliphatic hydroxyl groups is 1. The van der Waals surface area contributed by atoms with Crippen LogP contribution in [0.5, 0.6) is 0 Å². The number of amides is 4. The van der Waals surface area contributed by atoms with Crippen LogP contribution in [0.3, 0.4) is 0 Å². The van der Waals surface area contributed by atoms with Crippen LogP contribution in [0.4, 0.5) is 4.79 Å². The topological polar surface area (TPSA) is 180 Å². The van der Waals surface area contributed by atoms with E-state index in [4.69, 9.17) is 4.74 Å². The van der Waals surface area contributed by atoms with Crippen LogP contribution >= 0.6 is 0 Å². The lowest BCUT2D eigenvalue weighted by Crippen LogP contribution is -2.49. The van der Waals surface area contributed by atoms with Gasteiger partial charge in [0.2, 0.25) is 17.7 Å². The predicted molar refractivity (Wildman–Crippen MR) is 169 cm³/mol. The zero-order valence-corrected chi connectivity index (χ0v) is 28.1. The van der Waals surface area contributed by atoms with E-state index in [1.165, 1.54) is 0 Å². The molecule has 0 saturated heterocycles. The third-order valence-corrected chi connectivity index (χ3v) is 7.53. The molecular formula is C31H52N4O8S. The Balaban J connectivity index is 2.73. The minimum Gasteiger partial charge on any atom is -0.444 e. The summed E-state index contributed by atoms with van der Waals surface area (Å²) in [4.78, 5) is 50.8. The second-order valence-electron chi connectivity index (χ2n) is 12.9. The first-order valence-corrected chi connectivity index (χ1v) is 17.1. The van der Waals surface area contributed by atoms with Crippen LogP contribution in [0.1, 0.15) is 79.7 Å². The second-order valence-corrected chi connectivity index (χ2v) is 15.2. The Hall–Kier alpha value is -3.19. The monoisotopic (exact) mass is 640 g/mol. The molecule has 0 bridgehead atoms. The third kappa shape index (κ3) is 17.2. The molecule has 0 aliphatic heterocycles. The molecule has 5 N–H and O–H groups in total. The van der Waals surface area contributed by atoms with Crippen molar-refractivity contribution < 1.29 is 37.4 Å². The van der Waals surface area contributed by atoms with E-state index in [0.717, 1.165) is 11.8 Å². The molecule has 0 spiro atoms.